The zero-order chi connectivity index (χ0) is 9.84. The zero-order valence-corrected chi connectivity index (χ0v) is 8.59. The normalized spacial score (nSPS) is 10.7. The number of hydrogen-bond acceptors (Lipinski definition) is 0. The fraction of sp³-hybridized carbons (Fsp3) is 0.231. The van der Waals surface area contributed by atoms with Crippen molar-refractivity contribution in [1.82, 2.24) is 0 Å². The van der Waals surface area contributed by atoms with Crippen molar-refractivity contribution >= 4 is 6.08 Å². The highest BCUT2D eigenvalue weighted by atomic mass is 14.0. The second kappa shape index (κ2) is 4.08. The molecule has 1 aromatic carbocycles. The molecule has 0 nitrogen and oxygen atoms in total. The van der Waals surface area contributed by atoms with Gasteiger partial charge in [0.1, 0.15) is 0 Å². The van der Waals surface area contributed by atoms with Gasteiger partial charge in [-0.1, -0.05) is 36.9 Å². The van der Waals surface area contributed by atoms with Crippen LogP contribution in [0.1, 0.15) is 22.3 Å². The molecule has 0 radical (unpaired) electrons. The van der Waals surface area contributed by atoms with Crippen LogP contribution < -0.4 is 0 Å². The molecule has 0 bridgehead atoms. The molecule has 0 heterocycles. The molecular weight excluding hydrogens is 156 g/mol. The summed E-state index contributed by atoms with van der Waals surface area (Å²) in [6.07, 6.45) is 5.90. The van der Waals surface area contributed by atoms with Crippen LogP contribution >= 0.6 is 0 Å². The molecule has 68 valence electrons. The van der Waals surface area contributed by atoms with Crippen LogP contribution in [0.15, 0.2) is 30.9 Å². The largest absolute Gasteiger partial charge is 0.0991 e. The van der Waals surface area contributed by atoms with Crippen molar-refractivity contribution in [2.45, 2.75) is 20.8 Å². The number of allylic oxidation sites excluding steroid dienone is 2. The van der Waals surface area contributed by atoms with Crippen molar-refractivity contribution in [3.63, 3.8) is 0 Å². The lowest BCUT2D eigenvalue weighted by Crippen LogP contribution is -1.89. The Balaban J connectivity index is 3.25. The standard InChI is InChI=1S/C13H16/c1-5-6-7-13-11(3)9-8-10(2)12(13)4/h5-9H,1H2,2-4H3/b7-6-. The van der Waals surface area contributed by atoms with Crippen molar-refractivity contribution < 1.29 is 0 Å². The van der Waals surface area contributed by atoms with E-state index in [-0.39, 0.29) is 0 Å². The summed E-state index contributed by atoms with van der Waals surface area (Å²) in [6, 6.07) is 4.32. The minimum absolute atomic E-state index is 1.32. The number of rotatable bonds is 2. The Kier molecular flexibility index (Phi) is 3.07. The summed E-state index contributed by atoms with van der Waals surface area (Å²) >= 11 is 0. The monoisotopic (exact) mass is 172 g/mol. The highest BCUT2D eigenvalue weighted by molar-refractivity contribution is 5.60. The minimum Gasteiger partial charge on any atom is -0.0991 e. The topological polar surface area (TPSA) is 0 Å². The molecule has 0 N–H and O–H groups in total. The maximum atomic E-state index is 3.67. The third-order valence-electron chi connectivity index (χ3n) is 2.40. The quantitative estimate of drug-likeness (QED) is 0.595. The predicted molar refractivity (Wildman–Crippen MR) is 59.9 cm³/mol. The summed E-state index contributed by atoms with van der Waals surface area (Å²) in [5.41, 5.74) is 5.34. The highest BCUT2D eigenvalue weighted by Gasteiger charge is 2.00. The van der Waals surface area contributed by atoms with Crippen molar-refractivity contribution in [1.29, 1.82) is 0 Å². The summed E-state index contributed by atoms with van der Waals surface area (Å²) in [5, 5.41) is 0. The first-order valence-electron chi connectivity index (χ1n) is 4.52. The molecule has 1 rings (SSSR count). The van der Waals surface area contributed by atoms with Crippen molar-refractivity contribution in [3.8, 4) is 0 Å². The molecule has 0 unspecified atom stereocenters. The maximum absolute atomic E-state index is 3.67. The molecule has 13 heavy (non-hydrogen) atoms. The molecule has 0 atom stereocenters. The van der Waals surface area contributed by atoms with Crippen LogP contribution in [0.2, 0.25) is 0 Å². The van der Waals surface area contributed by atoms with Gasteiger partial charge in [0.15, 0.2) is 0 Å². The fourth-order valence-electron chi connectivity index (χ4n) is 1.39. The second-order valence-corrected chi connectivity index (χ2v) is 3.33. The summed E-state index contributed by atoms with van der Waals surface area (Å²) in [5.74, 6) is 0. The van der Waals surface area contributed by atoms with E-state index in [0.717, 1.165) is 0 Å². The Morgan fingerprint density at radius 2 is 1.69 bits per heavy atom. The van der Waals surface area contributed by atoms with E-state index in [0.29, 0.717) is 0 Å². The van der Waals surface area contributed by atoms with Gasteiger partial charge in [-0.15, -0.1) is 0 Å². The first-order valence-corrected chi connectivity index (χ1v) is 4.52. The van der Waals surface area contributed by atoms with Gasteiger partial charge >= 0.3 is 0 Å². The summed E-state index contributed by atoms with van der Waals surface area (Å²) in [4.78, 5) is 0. The van der Waals surface area contributed by atoms with E-state index < -0.39 is 0 Å². The van der Waals surface area contributed by atoms with Crippen LogP contribution in [0.5, 0.6) is 0 Å². The smallest absolute Gasteiger partial charge is 0.0195 e. The number of benzene rings is 1. The molecule has 0 aliphatic rings. The average molecular weight is 172 g/mol. The lowest BCUT2D eigenvalue weighted by Gasteiger charge is -2.07. The molecular formula is C13H16. The highest BCUT2D eigenvalue weighted by Crippen LogP contribution is 2.18. The van der Waals surface area contributed by atoms with Crippen LogP contribution in [-0.2, 0) is 0 Å². The van der Waals surface area contributed by atoms with Crippen molar-refractivity contribution in [3.05, 3.63) is 53.1 Å². The summed E-state index contributed by atoms with van der Waals surface area (Å²) in [6.45, 7) is 10.1. The van der Waals surface area contributed by atoms with Gasteiger partial charge in [0, 0.05) is 0 Å². The first kappa shape index (κ1) is 9.79. The molecule has 1 aromatic rings. The van der Waals surface area contributed by atoms with Crippen LogP contribution in [0.25, 0.3) is 6.08 Å². The Labute approximate surface area is 80.6 Å². The van der Waals surface area contributed by atoms with Gasteiger partial charge in [0.05, 0.1) is 0 Å². The molecule has 0 saturated carbocycles. The van der Waals surface area contributed by atoms with Crippen LogP contribution in [0, 0.1) is 20.8 Å². The molecule has 0 amide bonds. The molecule has 0 aliphatic carbocycles. The summed E-state index contributed by atoms with van der Waals surface area (Å²) < 4.78 is 0. The molecule has 0 aromatic heterocycles. The van der Waals surface area contributed by atoms with E-state index in [1.165, 1.54) is 22.3 Å². The zero-order valence-electron chi connectivity index (χ0n) is 8.59. The fourth-order valence-corrected chi connectivity index (χ4v) is 1.39. The number of hydrogen-bond donors (Lipinski definition) is 0. The predicted octanol–water partition coefficient (Wildman–Crippen LogP) is 3.81. The SMILES string of the molecule is C=C/C=C\c1c(C)ccc(C)c1C. The molecule has 0 saturated heterocycles. The van der Waals surface area contributed by atoms with Gasteiger partial charge in [-0.25, -0.2) is 0 Å². The third-order valence-corrected chi connectivity index (χ3v) is 2.40. The first-order chi connectivity index (χ1) is 6.16. The summed E-state index contributed by atoms with van der Waals surface area (Å²) in [7, 11) is 0. The Hall–Kier alpha value is -1.30. The lowest BCUT2D eigenvalue weighted by atomic mass is 9.98. The van der Waals surface area contributed by atoms with Gasteiger partial charge < -0.3 is 0 Å². The molecule has 0 aliphatic heterocycles. The van der Waals surface area contributed by atoms with Crippen LogP contribution in [-0.4, -0.2) is 0 Å². The average Bonchev–Trinajstić information content (AvgIpc) is 2.12. The van der Waals surface area contributed by atoms with Crippen molar-refractivity contribution in [2.75, 3.05) is 0 Å². The molecule has 0 spiro atoms. The third kappa shape index (κ3) is 2.09. The molecule has 0 fully saturated rings. The maximum Gasteiger partial charge on any atom is -0.0195 e. The van der Waals surface area contributed by atoms with Gasteiger partial charge in [0.2, 0.25) is 0 Å². The van der Waals surface area contributed by atoms with E-state index in [2.05, 4.69) is 45.6 Å². The Morgan fingerprint density at radius 1 is 1.08 bits per heavy atom. The van der Waals surface area contributed by atoms with E-state index in [9.17, 15) is 0 Å². The molecule has 0 heteroatoms. The van der Waals surface area contributed by atoms with Gasteiger partial charge in [0.25, 0.3) is 0 Å². The second-order valence-electron chi connectivity index (χ2n) is 3.33. The van der Waals surface area contributed by atoms with Crippen LogP contribution in [0.3, 0.4) is 0 Å². The Morgan fingerprint density at radius 3 is 2.31 bits per heavy atom. The lowest BCUT2D eigenvalue weighted by molar-refractivity contribution is 1.28. The van der Waals surface area contributed by atoms with Gasteiger partial charge in [-0.2, -0.15) is 0 Å². The minimum atomic E-state index is 1.32. The van der Waals surface area contributed by atoms with Crippen molar-refractivity contribution in [2.24, 2.45) is 0 Å². The van der Waals surface area contributed by atoms with E-state index in [1.807, 2.05) is 6.08 Å². The van der Waals surface area contributed by atoms with Gasteiger partial charge in [-0.3, -0.25) is 0 Å². The van der Waals surface area contributed by atoms with Crippen LogP contribution in [0.4, 0.5) is 0 Å². The number of aryl methyl sites for hydroxylation is 2. The van der Waals surface area contributed by atoms with Gasteiger partial charge in [-0.05, 0) is 43.0 Å². The van der Waals surface area contributed by atoms with E-state index in [4.69, 9.17) is 0 Å². The Bertz CT molecular complexity index is 343. The van der Waals surface area contributed by atoms with E-state index >= 15 is 0 Å². The van der Waals surface area contributed by atoms with E-state index in [1.54, 1.807) is 6.08 Å².